The minimum atomic E-state index is 0.444. The molecule has 0 aromatic carbocycles. The van der Waals surface area contributed by atoms with Gasteiger partial charge in [0.05, 0.1) is 0 Å². The fourth-order valence-electron chi connectivity index (χ4n) is 2.81. The van der Waals surface area contributed by atoms with Crippen LogP contribution in [0.2, 0.25) is 0 Å². The average molecular weight is 252 g/mol. The summed E-state index contributed by atoms with van der Waals surface area (Å²) in [5.41, 5.74) is 6.06. The Morgan fingerprint density at radius 2 is 2.35 bits per heavy atom. The van der Waals surface area contributed by atoms with E-state index in [4.69, 9.17) is 5.73 Å². The third-order valence-electron chi connectivity index (χ3n) is 3.99. The zero-order valence-electron chi connectivity index (χ0n) is 10.9. The average Bonchev–Trinajstić information content (AvgIpc) is 2.81. The van der Waals surface area contributed by atoms with Crippen molar-refractivity contribution in [3.8, 4) is 0 Å². The summed E-state index contributed by atoms with van der Waals surface area (Å²) in [4.78, 5) is 3.95. The van der Waals surface area contributed by atoms with Crippen molar-refractivity contribution in [3.63, 3.8) is 0 Å². The van der Waals surface area contributed by atoms with Crippen LogP contribution in [0, 0.1) is 5.92 Å². The van der Waals surface area contributed by atoms with Crippen molar-refractivity contribution < 1.29 is 0 Å². The van der Waals surface area contributed by atoms with E-state index >= 15 is 0 Å². The lowest BCUT2D eigenvalue weighted by molar-refractivity contribution is 0.186. The van der Waals surface area contributed by atoms with Gasteiger partial charge in [-0.15, -0.1) is 11.3 Å². The van der Waals surface area contributed by atoms with Crippen LogP contribution in [0.3, 0.4) is 0 Å². The molecule has 1 aromatic rings. The van der Waals surface area contributed by atoms with Gasteiger partial charge in [-0.05, 0) is 50.6 Å². The highest BCUT2D eigenvalue weighted by atomic mass is 32.1. The molecule has 3 atom stereocenters. The van der Waals surface area contributed by atoms with Crippen molar-refractivity contribution in [1.82, 2.24) is 4.90 Å². The van der Waals surface area contributed by atoms with Crippen molar-refractivity contribution in [1.29, 1.82) is 0 Å². The van der Waals surface area contributed by atoms with Crippen LogP contribution in [0.4, 0.5) is 0 Å². The van der Waals surface area contributed by atoms with Crippen molar-refractivity contribution in [3.05, 3.63) is 22.4 Å². The molecule has 0 saturated heterocycles. The fraction of sp³-hybridized carbons (Fsp3) is 0.714. The van der Waals surface area contributed by atoms with E-state index in [-0.39, 0.29) is 0 Å². The van der Waals surface area contributed by atoms with Gasteiger partial charge in [0.25, 0.3) is 0 Å². The maximum atomic E-state index is 6.06. The third kappa shape index (κ3) is 3.54. The first-order chi connectivity index (χ1) is 8.16. The van der Waals surface area contributed by atoms with Crippen molar-refractivity contribution in [2.45, 2.75) is 44.7 Å². The van der Waals surface area contributed by atoms with Crippen molar-refractivity contribution in [2.24, 2.45) is 11.7 Å². The molecule has 96 valence electrons. The molecular formula is C14H24N2S. The number of rotatable bonds is 4. The lowest BCUT2D eigenvalue weighted by Crippen LogP contribution is -2.35. The van der Waals surface area contributed by atoms with E-state index < -0.39 is 0 Å². The molecule has 0 radical (unpaired) electrons. The second kappa shape index (κ2) is 5.98. The lowest BCUT2D eigenvalue weighted by Gasteiger charge is -2.32. The standard InChI is InChI=1S/C14H24N2S/c1-11(14-7-4-8-17-14)16(2)10-12-5-3-6-13(15)9-12/h4,7-8,11-13H,3,5-6,9-10,15H2,1-2H3. The first kappa shape index (κ1) is 13.1. The maximum absolute atomic E-state index is 6.06. The Balaban J connectivity index is 1.85. The monoisotopic (exact) mass is 252 g/mol. The second-order valence-corrected chi connectivity index (χ2v) is 6.40. The van der Waals surface area contributed by atoms with Gasteiger partial charge in [-0.1, -0.05) is 12.5 Å². The first-order valence-electron chi connectivity index (χ1n) is 6.66. The van der Waals surface area contributed by atoms with Crippen LogP contribution in [0.1, 0.15) is 43.5 Å². The molecule has 3 heteroatoms. The summed E-state index contributed by atoms with van der Waals surface area (Å²) in [6.07, 6.45) is 5.10. The Bertz CT molecular complexity index is 323. The molecule has 2 rings (SSSR count). The van der Waals surface area contributed by atoms with Gasteiger partial charge in [0.2, 0.25) is 0 Å². The van der Waals surface area contributed by atoms with E-state index in [1.54, 1.807) is 0 Å². The Kier molecular flexibility index (Phi) is 4.60. The van der Waals surface area contributed by atoms with Gasteiger partial charge in [0, 0.05) is 23.5 Å². The molecule has 1 aliphatic carbocycles. The second-order valence-electron chi connectivity index (χ2n) is 5.42. The van der Waals surface area contributed by atoms with Crippen molar-refractivity contribution in [2.75, 3.05) is 13.6 Å². The first-order valence-corrected chi connectivity index (χ1v) is 7.54. The molecule has 1 heterocycles. The van der Waals surface area contributed by atoms with Gasteiger partial charge in [0.1, 0.15) is 0 Å². The summed E-state index contributed by atoms with van der Waals surface area (Å²) in [6.45, 7) is 3.49. The Morgan fingerprint density at radius 1 is 1.53 bits per heavy atom. The highest BCUT2D eigenvalue weighted by molar-refractivity contribution is 7.10. The summed E-state index contributed by atoms with van der Waals surface area (Å²) < 4.78 is 0. The molecule has 3 unspecified atom stereocenters. The van der Waals surface area contributed by atoms with E-state index in [1.165, 1.54) is 37.1 Å². The number of nitrogens with zero attached hydrogens (tertiary/aromatic N) is 1. The zero-order valence-corrected chi connectivity index (χ0v) is 11.7. The highest BCUT2D eigenvalue weighted by Crippen LogP contribution is 2.28. The normalized spacial score (nSPS) is 27.3. The van der Waals surface area contributed by atoms with E-state index in [2.05, 4.69) is 36.4 Å². The van der Waals surface area contributed by atoms with Crippen LogP contribution in [0.5, 0.6) is 0 Å². The maximum Gasteiger partial charge on any atom is 0.0410 e. The molecule has 0 amide bonds. The van der Waals surface area contributed by atoms with Gasteiger partial charge in [-0.2, -0.15) is 0 Å². The molecule has 0 spiro atoms. The Morgan fingerprint density at radius 3 is 3.00 bits per heavy atom. The lowest BCUT2D eigenvalue weighted by atomic mass is 9.85. The molecular weight excluding hydrogens is 228 g/mol. The van der Waals surface area contributed by atoms with Crippen LogP contribution >= 0.6 is 11.3 Å². The number of hydrogen-bond acceptors (Lipinski definition) is 3. The summed E-state index contributed by atoms with van der Waals surface area (Å²) in [5.74, 6) is 0.797. The molecule has 1 saturated carbocycles. The third-order valence-corrected chi connectivity index (χ3v) is 5.03. The van der Waals surface area contributed by atoms with Crippen LogP contribution in [-0.4, -0.2) is 24.5 Å². The van der Waals surface area contributed by atoms with Gasteiger partial charge in [-0.3, -0.25) is 4.90 Å². The minimum absolute atomic E-state index is 0.444. The molecule has 17 heavy (non-hydrogen) atoms. The topological polar surface area (TPSA) is 29.3 Å². The fourth-order valence-corrected chi connectivity index (χ4v) is 3.66. The molecule has 0 bridgehead atoms. The largest absolute Gasteiger partial charge is 0.328 e. The molecule has 1 aromatic heterocycles. The van der Waals surface area contributed by atoms with Gasteiger partial charge >= 0.3 is 0 Å². The Labute approximate surface area is 109 Å². The van der Waals surface area contributed by atoms with E-state index in [1.807, 2.05) is 11.3 Å². The zero-order chi connectivity index (χ0) is 12.3. The number of hydrogen-bond donors (Lipinski definition) is 1. The van der Waals surface area contributed by atoms with Crippen LogP contribution in [-0.2, 0) is 0 Å². The summed E-state index contributed by atoms with van der Waals surface area (Å²) >= 11 is 1.86. The van der Waals surface area contributed by atoms with Crippen LogP contribution < -0.4 is 5.73 Å². The molecule has 2 nitrogen and oxygen atoms in total. The van der Waals surface area contributed by atoms with Gasteiger partial charge in [-0.25, -0.2) is 0 Å². The van der Waals surface area contributed by atoms with Gasteiger partial charge in [0.15, 0.2) is 0 Å². The van der Waals surface area contributed by atoms with Crippen molar-refractivity contribution >= 4 is 11.3 Å². The molecule has 0 aliphatic heterocycles. The number of nitrogens with two attached hydrogens (primary N) is 1. The summed E-state index contributed by atoms with van der Waals surface area (Å²) in [5, 5.41) is 2.16. The summed E-state index contributed by atoms with van der Waals surface area (Å²) in [6, 6.07) is 5.35. The molecule has 1 aliphatic rings. The number of thiophene rings is 1. The molecule has 1 fully saturated rings. The Hall–Kier alpha value is -0.380. The highest BCUT2D eigenvalue weighted by Gasteiger charge is 2.22. The van der Waals surface area contributed by atoms with Crippen LogP contribution in [0.15, 0.2) is 17.5 Å². The SMILES string of the molecule is CC(c1cccs1)N(C)CC1CCCC(N)C1. The molecule has 2 N–H and O–H groups in total. The van der Waals surface area contributed by atoms with E-state index in [9.17, 15) is 0 Å². The smallest absolute Gasteiger partial charge is 0.0410 e. The predicted octanol–water partition coefficient (Wildman–Crippen LogP) is 3.26. The van der Waals surface area contributed by atoms with Gasteiger partial charge < -0.3 is 5.73 Å². The van der Waals surface area contributed by atoms with Crippen LogP contribution in [0.25, 0.3) is 0 Å². The van der Waals surface area contributed by atoms with E-state index in [0.717, 1.165) is 5.92 Å². The summed E-state index contributed by atoms with van der Waals surface area (Å²) in [7, 11) is 2.24. The quantitative estimate of drug-likeness (QED) is 0.891. The van der Waals surface area contributed by atoms with E-state index in [0.29, 0.717) is 12.1 Å². The predicted molar refractivity (Wildman–Crippen MR) is 75.3 cm³/mol. The minimum Gasteiger partial charge on any atom is -0.328 e.